The topological polar surface area (TPSA) is 84.4 Å². The quantitative estimate of drug-likeness (QED) is 0.322. The third-order valence-corrected chi connectivity index (χ3v) is 8.94. The van der Waals surface area contributed by atoms with Crippen LogP contribution in [0.2, 0.25) is 0 Å². The van der Waals surface area contributed by atoms with Crippen LogP contribution >= 0.6 is 0 Å². The van der Waals surface area contributed by atoms with Crippen molar-refractivity contribution in [1.82, 2.24) is 14.7 Å². The van der Waals surface area contributed by atoms with Gasteiger partial charge in [-0.3, -0.25) is 4.90 Å². The first-order valence-electron chi connectivity index (χ1n) is 15.7. The minimum atomic E-state index is -1.09. The monoisotopic (exact) mass is 572 g/mol. The number of carbonyl (C=O) groups is 3. The zero-order chi connectivity index (χ0) is 29.6. The van der Waals surface area contributed by atoms with E-state index in [1.165, 1.54) is 0 Å². The van der Waals surface area contributed by atoms with E-state index in [4.69, 9.17) is 0 Å². The molecule has 0 unspecified atom stereocenters. The van der Waals surface area contributed by atoms with Crippen LogP contribution in [0.3, 0.4) is 0 Å². The van der Waals surface area contributed by atoms with Crippen molar-refractivity contribution in [3.05, 3.63) is 59.7 Å². The number of anilines is 2. The van der Waals surface area contributed by atoms with Gasteiger partial charge in [0.2, 0.25) is 0 Å². The predicted octanol–water partition coefficient (Wildman–Crippen LogP) is 7.22. The van der Waals surface area contributed by atoms with E-state index < -0.39 is 18.1 Å². The normalized spacial score (nSPS) is 20.9. The van der Waals surface area contributed by atoms with E-state index in [1.54, 1.807) is 14.7 Å². The standard InChI is InChI=1S/C34H44N4O4/c1-3-5-11-22-35(23-12-6-4-2)33(41)36-24-27-16-13-19-30(31(36)32(39)40)37(27)34(42)38-28-17-9-7-14-25(28)20-21-26-15-8-10-18-29(26)38/h7-10,14-15,17-18,20-21,27,30-31H,3-6,11-13,16,19,22-24H2,1-2H3,(H,39,40)/t27-,30+,31-/m0/s1. The number of likely N-dealkylation sites (tertiary alicyclic amines) is 1. The number of rotatable bonds is 9. The number of piperidine rings is 1. The number of benzene rings is 2. The molecule has 2 fully saturated rings. The van der Waals surface area contributed by atoms with E-state index >= 15 is 0 Å². The summed E-state index contributed by atoms with van der Waals surface area (Å²) in [4.78, 5) is 48.7. The van der Waals surface area contributed by atoms with Crippen molar-refractivity contribution >= 4 is 41.6 Å². The van der Waals surface area contributed by atoms with Crippen molar-refractivity contribution in [3.8, 4) is 0 Å². The van der Waals surface area contributed by atoms with Crippen LogP contribution < -0.4 is 4.90 Å². The Kier molecular flexibility index (Phi) is 9.50. The highest BCUT2D eigenvalue weighted by Crippen LogP contribution is 2.41. The van der Waals surface area contributed by atoms with Crippen LogP contribution in [-0.4, -0.2) is 75.6 Å². The summed E-state index contributed by atoms with van der Waals surface area (Å²) in [5.41, 5.74) is 3.38. The number of para-hydroxylation sites is 2. The van der Waals surface area contributed by atoms with Gasteiger partial charge in [0, 0.05) is 19.6 Å². The van der Waals surface area contributed by atoms with Crippen LogP contribution in [0.25, 0.3) is 12.2 Å². The van der Waals surface area contributed by atoms with Crippen LogP contribution in [0.1, 0.15) is 82.8 Å². The van der Waals surface area contributed by atoms with Crippen LogP contribution in [0, 0.1) is 0 Å². The van der Waals surface area contributed by atoms with Crippen molar-refractivity contribution in [3.63, 3.8) is 0 Å². The summed E-state index contributed by atoms with van der Waals surface area (Å²) in [6, 6.07) is 13.2. The molecule has 2 saturated heterocycles. The molecule has 5 rings (SSSR count). The van der Waals surface area contributed by atoms with Gasteiger partial charge in [-0.1, -0.05) is 88.1 Å². The van der Waals surface area contributed by atoms with Crippen molar-refractivity contribution in [1.29, 1.82) is 0 Å². The van der Waals surface area contributed by atoms with E-state index in [0.29, 0.717) is 19.5 Å². The summed E-state index contributed by atoms with van der Waals surface area (Å²) in [5.74, 6) is -1.05. The Hall–Kier alpha value is -3.81. The molecule has 1 N–H and O–H groups in total. The highest BCUT2D eigenvalue weighted by Gasteiger charge is 2.52. The smallest absolute Gasteiger partial charge is 0.329 e. The first-order valence-corrected chi connectivity index (χ1v) is 15.7. The van der Waals surface area contributed by atoms with E-state index in [9.17, 15) is 19.5 Å². The maximum atomic E-state index is 14.7. The summed E-state index contributed by atoms with van der Waals surface area (Å²) in [7, 11) is 0. The summed E-state index contributed by atoms with van der Waals surface area (Å²) in [6.45, 7) is 5.76. The number of urea groups is 2. The number of amides is 4. The lowest BCUT2D eigenvalue weighted by atomic mass is 9.86. The largest absolute Gasteiger partial charge is 0.480 e. The van der Waals surface area contributed by atoms with E-state index in [2.05, 4.69) is 13.8 Å². The second-order valence-electron chi connectivity index (χ2n) is 11.7. The molecule has 3 heterocycles. The van der Waals surface area contributed by atoms with Gasteiger partial charge in [0.05, 0.1) is 23.5 Å². The molecule has 42 heavy (non-hydrogen) atoms. The maximum Gasteiger partial charge on any atom is 0.329 e. The molecule has 2 aromatic rings. The van der Waals surface area contributed by atoms with Crippen molar-refractivity contribution in [2.24, 2.45) is 0 Å². The first kappa shape index (κ1) is 29.7. The molecule has 0 aromatic heterocycles. The third kappa shape index (κ3) is 5.90. The summed E-state index contributed by atoms with van der Waals surface area (Å²) in [5, 5.41) is 10.6. The maximum absolute atomic E-state index is 14.7. The number of aliphatic carboxylic acids is 1. The Morgan fingerprint density at radius 1 is 0.833 bits per heavy atom. The van der Waals surface area contributed by atoms with E-state index in [1.807, 2.05) is 65.6 Å². The zero-order valence-electron chi connectivity index (χ0n) is 25.0. The Morgan fingerprint density at radius 3 is 1.95 bits per heavy atom. The van der Waals surface area contributed by atoms with Gasteiger partial charge >= 0.3 is 18.0 Å². The molecule has 0 aliphatic carbocycles. The molecular formula is C34H44N4O4. The van der Waals surface area contributed by atoms with Crippen molar-refractivity contribution < 1.29 is 19.5 Å². The molecule has 4 amide bonds. The molecule has 3 atom stereocenters. The van der Waals surface area contributed by atoms with Crippen molar-refractivity contribution in [2.75, 3.05) is 24.5 Å². The lowest BCUT2D eigenvalue weighted by Crippen LogP contribution is -2.72. The predicted molar refractivity (Wildman–Crippen MR) is 167 cm³/mol. The number of carboxylic acids is 1. The molecule has 2 aromatic carbocycles. The first-order chi connectivity index (χ1) is 20.5. The lowest BCUT2D eigenvalue weighted by Gasteiger charge is -2.54. The zero-order valence-corrected chi connectivity index (χ0v) is 25.0. The van der Waals surface area contributed by atoms with Gasteiger partial charge in [-0.05, 0) is 55.4 Å². The molecule has 8 nitrogen and oxygen atoms in total. The fourth-order valence-electron chi connectivity index (χ4n) is 6.83. The van der Waals surface area contributed by atoms with Gasteiger partial charge in [0.15, 0.2) is 6.04 Å². The van der Waals surface area contributed by atoms with Gasteiger partial charge in [-0.2, -0.15) is 0 Å². The number of hydrogen-bond donors (Lipinski definition) is 1. The SMILES string of the molecule is CCCCCN(CCCCC)C(=O)N1C[C@@H]2CCC[C@H]([C@H]1C(=O)O)N2C(=O)N1c2ccccc2C=Cc2ccccc21. The van der Waals surface area contributed by atoms with Crippen molar-refractivity contribution in [2.45, 2.75) is 89.8 Å². The average Bonchev–Trinajstić information content (AvgIpc) is 3.16. The van der Waals surface area contributed by atoms with Gasteiger partial charge in [0.1, 0.15) is 0 Å². The van der Waals surface area contributed by atoms with Gasteiger partial charge in [-0.15, -0.1) is 0 Å². The number of nitrogens with zero attached hydrogens (tertiary/aromatic N) is 4. The lowest BCUT2D eigenvalue weighted by molar-refractivity contribution is -0.149. The number of fused-ring (bicyclic) bond motifs is 4. The number of hydrogen-bond acceptors (Lipinski definition) is 3. The number of piperazine rings is 1. The molecule has 0 saturated carbocycles. The molecular weight excluding hydrogens is 528 g/mol. The Balaban J connectivity index is 1.48. The van der Waals surface area contributed by atoms with Crippen LogP contribution in [0.15, 0.2) is 48.5 Å². The van der Waals surface area contributed by atoms with Gasteiger partial charge in [-0.25, -0.2) is 14.4 Å². The number of carbonyl (C=O) groups excluding carboxylic acids is 2. The van der Waals surface area contributed by atoms with Crippen LogP contribution in [0.4, 0.5) is 21.0 Å². The fraction of sp³-hybridized carbons (Fsp3) is 0.500. The highest BCUT2D eigenvalue weighted by molar-refractivity contribution is 6.06. The molecule has 3 aliphatic rings. The Labute approximate surface area is 249 Å². The number of unbranched alkanes of at least 4 members (excludes halogenated alkanes) is 4. The number of carboxylic acid groups (broad SMARTS) is 1. The third-order valence-electron chi connectivity index (χ3n) is 8.94. The molecule has 8 heteroatoms. The Bertz CT molecular complexity index is 1250. The minimum Gasteiger partial charge on any atom is -0.480 e. The average molecular weight is 573 g/mol. The summed E-state index contributed by atoms with van der Waals surface area (Å²) in [6.07, 6.45) is 12.1. The second kappa shape index (κ2) is 13.4. The highest BCUT2D eigenvalue weighted by atomic mass is 16.4. The van der Waals surface area contributed by atoms with Gasteiger partial charge in [0.25, 0.3) is 0 Å². The second-order valence-corrected chi connectivity index (χ2v) is 11.7. The van der Waals surface area contributed by atoms with Crippen LogP contribution in [0.5, 0.6) is 0 Å². The molecule has 0 radical (unpaired) electrons. The van der Waals surface area contributed by atoms with Crippen LogP contribution in [-0.2, 0) is 4.79 Å². The summed E-state index contributed by atoms with van der Waals surface area (Å²) >= 11 is 0. The summed E-state index contributed by atoms with van der Waals surface area (Å²) < 4.78 is 0. The Morgan fingerprint density at radius 2 is 1.40 bits per heavy atom. The molecule has 3 aliphatic heterocycles. The fourth-order valence-corrected chi connectivity index (χ4v) is 6.83. The minimum absolute atomic E-state index is 0.201. The molecule has 224 valence electrons. The van der Waals surface area contributed by atoms with E-state index in [0.717, 1.165) is 73.9 Å². The molecule has 2 bridgehead atoms. The molecule has 0 spiro atoms. The van der Waals surface area contributed by atoms with E-state index in [-0.39, 0.29) is 24.6 Å². The van der Waals surface area contributed by atoms with Gasteiger partial charge < -0.3 is 19.8 Å².